The first kappa shape index (κ1) is 19.2. The van der Waals surface area contributed by atoms with Crippen LogP contribution in [0.4, 0.5) is 5.82 Å². The van der Waals surface area contributed by atoms with Crippen LogP contribution in [-0.2, 0) is 6.54 Å². The maximum absolute atomic E-state index is 5.94. The van der Waals surface area contributed by atoms with Crippen molar-refractivity contribution in [2.45, 2.75) is 19.9 Å². The van der Waals surface area contributed by atoms with E-state index in [1.807, 2.05) is 66.7 Å². The molecule has 0 radical (unpaired) electrons. The molecule has 6 nitrogen and oxygen atoms in total. The Hall–Kier alpha value is -3.80. The summed E-state index contributed by atoms with van der Waals surface area (Å²) >= 11 is 0. The van der Waals surface area contributed by atoms with Gasteiger partial charge in [0, 0.05) is 11.9 Å². The number of benzene rings is 3. The fourth-order valence-corrected chi connectivity index (χ4v) is 3.56. The van der Waals surface area contributed by atoms with Crippen LogP contribution in [0, 0.1) is 0 Å². The molecule has 0 aliphatic carbocycles. The first-order valence-corrected chi connectivity index (χ1v) is 10.4. The molecule has 5 rings (SSSR count). The van der Waals surface area contributed by atoms with Crippen molar-refractivity contribution in [2.24, 2.45) is 0 Å². The highest BCUT2D eigenvalue weighted by Crippen LogP contribution is 2.34. The van der Waals surface area contributed by atoms with Gasteiger partial charge in [-0.15, -0.1) is 0 Å². The Morgan fingerprint density at radius 3 is 2.71 bits per heavy atom. The average molecular weight is 413 g/mol. The van der Waals surface area contributed by atoms with Gasteiger partial charge in [0.05, 0.1) is 17.7 Å². The molecule has 4 aromatic rings. The van der Waals surface area contributed by atoms with E-state index in [2.05, 4.69) is 12.2 Å². The lowest BCUT2D eigenvalue weighted by Crippen LogP contribution is -2.05. The predicted octanol–water partition coefficient (Wildman–Crippen LogP) is 5.43. The molecule has 0 saturated heterocycles. The highest BCUT2D eigenvalue weighted by atomic mass is 16.7. The quantitative estimate of drug-likeness (QED) is 0.436. The van der Waals surface area contributed by atoms with Gasteiger partial charge >= 0.3 is 0 Å². The summed E-state index contributed by atoms with van der Waals surface area (Å²) in [5.74, 6) is 3.76. The minimum Gasteiger partial charge on any atom is -0.493 e. The zero-order valence-electron chi connectivity index (χ0n) is 17.3. The van der Waals surface area contributed by atoms with Crippen LogP contribution in [0.1, 0.15) is 18.9 Å². The van der Waals surface area contributed by atoms with Gasteiger partial charge < -0.3 is 19.5 Å². The molecule has 0 unspecified atom stereocenters. The molecule has 2 heterocycles. The van der Waals surface area contributed by atoms with Crippen LogP contribution in [0.15, 0.2) is 66.7 Å². The molecule has 1 aliphatic rings. The molecule has 0 amide bonds. The van der Waals surface area contributed by atoms with Crippen molar-refractivity contribution in [2.75, 3.05) is 18.7 Å². The lowest BCUT2D eigenvalue weighted by atomic mass is 10.1. The minimum atomic E-state index is 0.269. The van der Waals surface area contributed by atoms with Crippen molar-refractivity contribution in [3.05, 3.63) is 72.3 Å². The third kappa shape index (κ3) is 3.97. The number of hydrogen-bond donors (Lipinski definition) is 1. The van der Waals surface area contributed by atoms with Gasteiger partial charge in [0.15, 0.2) is 17.3 Å². The van der Waals surface area contributed by atoms with E-state index in [0.29, 0.717) is 19.0 Å². The molecule has 31 heavy (non-hydrogen) atoms. The van der Waals surface area contributed by atoms with Crippen molar-refractivity contribution in [1.29, 1.82) is 0 Å². The number of rotatable bonds is 7. The maximum atomic E-state index is 5.94. The zero-order chi connectivity index (χ0) is 21.0. The number of ether oxygens (including phenoxy) is 3. The Morgan fingerprint density at radius 1 is 0.935 bits per heavy atom. The van der Waals surface area contributed by atoms with Crippen LogP contribution in [0.3, 0.4) is 0 Å². The normalized spacial score (nSPS) is 12.2. The Labute approximate surface area is 180 Å². The van der Waals surface area contributed by atoms with Gasteiger partial charge in [-0.05, 0) is 48.4 Å². The van der Waals surface area contributed by atoms with Gasteiger partial charge in [-0.1, -0.05) is 37.3 Å². The molecular formula is C25H23N3O3. The first-order chi connectivity index (χ1) is 15.3. The molecule has 0 bridgehead atoms. The van der Waals surface area contributed by atoms with Crippen molar-refractivity contribution in [3.63, 3.8) is 0 Å². The smallest absolute Gasteiger partial charge is 0.231 e. The van der Waals surface area contributed by atoms with Gasteiger partial charge in [-0.25, -0.2) is 9.97 Å². The van der Waals surface area contributed by atoms with Crippen molar-refractivity contribution < 1.29 is 14.2 Å². The molecule has 0 fully saturated rings. The van der Waals surface area contributed by atoms with Crippen LogP contribution in [0.5, 0.6) is 17.2 Å². The SMILES string of the molecule is CCCOc1ccccc1-c1nc(NCc2ccc3c(c2)OCO3)c2ccccc2n1. The van der Waals surface area contributed by atoms with Gasteiger partial charge in [0.2, 0.25) is 6.79 Å². The number of aromatic nitrogens is 2. The Morgan fingerprint density at radius 2 is 1.77 bits per heavy atom. The molecule has 1 aromatic heterocycles. The van der Waals surface area contributed by atoms with E-state index in [-0.39, 0.29) is 6.79 Å². The summed E-state index contributed by atoms with van der Waals surface area (Å²) in [6.45, 7) is 3.61. The number of fused-ring (bicyclic) bond motifs is 2. The second-order valence-electron chi connectivity index (χ2n) is 7.30. The minimum absolute atomic E-state index is 0.269. The van der Waals surface area contributed by atoms with E-state index < -0.39 is 0 Å². The van der Waals surface area contributed by atoms with Crippen LogP contribution in [-0.4, -0.2) is 23.4 Å². The molecule has 0 atom stereocenters. The first-order valence-electron chi connectivity index (χ1n) is 10.4. The lowest BCUT2D eigenvalue weighted by Gasteiger charge is -2.14. The number of nitrogens with one attached hydrogen (secondary N) is 1. The van der Waals surface area contributed by atoms with Crippen molar-refractivity contribution in [3.8, 4) is 28.6 Å². The number of nitrogens with zero attached hydrogens (tertiary/aromatic N) is 2. The summed E-state index contributed by atoms with van der Waals surface area (Å²) in [7, 11) is 0. The van der Waals surface area contributed by atoms with Crippen LogP contribution in [0.2, 0.25) is 0 Å². The van der Waals surface area contributed by atoms with Crippen molar-refractivity contribution >= 4 is 16.7 Å². The number of para-hydroxylation sites is 2. The molecule has 0 spiro atoms. The Kier molecular flexibility index (Phi) is 5.27. The van der Waals surface area contributed by atoms with Gasteiger partial charge in [0.25, 0.3) is 0 Å². The number of anilines is 1. The second kappa shape index (κ2) is 8.52. The fraction of sp³-hybridized carbons (Fsp3) is 0.200. The van der Waals surface area contributed by atoms with E-state index in [1.165, 1.54) is 0 Å². The summed E-state index contributed by atoms with van der Waals surface area (Å²) in [5.41, 5.74) is 2.85. The summed E-state index contributed by atoms with van der Waals surface area (Å²) < 4.78 is 16.8. The third-order valence-corrected chi connectivity index (χ3v) is 5.09. The van der Waals surface area contributed by atoms with Crippen LogP contribution in [0.25, 0.3) is 22.3 Å². The summed E-state index contributed by atoms with van der Waals surface area (Å²) in [6.07, 6.45) is 0.940. The molecule has 3 aromatic carbocycles. The van der Waals surface area contributed by atoms with E-state index in [1.54, 1.807) is 0 Å². The highest BCUT2D eigenvalue weighted by Gasteiger charge is 2.15. The Bertz CT molecular complexity index is 1230. The van der Waals surface area contributed by atoms with Crippen molar-refractivity contribution in [1.82, 2.24) is 9.97 Å². The largest absolute Gasteiger partial charge is 0.493 e. The molecule has 1 aliphatic heterocycles. The Balaban J connectivity index is 1.50. The monoisotopic (exact) mass is 413 g/mol. The number of hydrogen-bond acceptors (Lipinski definition) is 6. The summed E-state index contributed by atoms with van der Waals surface area (Å²) in [6, 6.07) is 21.9. The van der Waals surface area contributed by atoms with E-state index >= 15 is 0 Å². The maximum Gasteiger partial charge on any atom is 0.231 e. The zero-order valence-corrected chi connectivity index (χ0v) is 17.3. The van der Waals surface area contributed by atoms with Gasteiger partial charge in [-0.3, -0.25) is 0 Å². The predicted molar refractivity (Wildman–Crippen MR) is 121 cm³/mol. The summed E-state index contributed by atoms with van der Waals surface area (Å²) in [5, 5.41) is 4.45. The molecule has 6 heteroatoms. The average Bonchev–Trinajstić information content (AvgIpc) is 3.29. The van der Waals surface area contributed by atoms with Crippen LogP contribution >= 0.6 is 0 Å². The lowest BCUT2D eigenvalue weighted by molar-refractivity contribution is 0.174. The standard InChI is InChI=1S/C25H23N3O3/c1-2-13-29-21-10-6-4-8-19(21)25-27-20-9-5-3-7-18(20)24(28-25)26-15-17-11-12-22-23(14-17)31-16-30-22/h3-12,14H,2,13,15-16H2,1H3,(H,26,27,28). The third-order valence-electron chi connectivity index (χ3n) is 5.09. The fourth-order valence-electron chi connectivity index (χ4n) is 3.56. The van der Waals surface area contributed by atoms with E-state index in [0.717, 1.165) is 51.5 Å². The van der Waals surface area contributed by atoms with Gasteiger partial charge in [0.1, 0.15) is 11.6 Å². The van der Waals surface area contributed by atoms with Crippen LogP contribution < -0.4 is 19.5 Å². The molecular weight excluding hydrogens is 390 g/mol. The summed E-state index contributed by atoms with van der Waals surface area (Å²) in [4.78, 5) is 9.68. The second-order valence-corrected chi connectivity index (χ2v) is 7.30. The van der Waals surface area contributed by atoms with E-state index in [4.69, 9.17) is 24.2 Å². The molecule has 156 valence electrons. The van der Waals surface area contributed by atoms with E-state index in [9.17, 15) is 0 Å². The molecule has 0 saturated carbocycles. The highest BCUT2D eigenvalue weighted by molar-refractivity contribution is 5.90. The van der Waals surface area contributed by atoms with Gasteiger partial charge in [-0.2, -0.15) is 0 Å². The molecule has 1 N–H and O–H groups in total. The topological polar surface area (TPSA) is 65.5 Å².